The fourth-order valence-electron chi connectivity index (χ4n) is 1.81. The number of amides is 1. The molecule has 1 N–H and O–H groups in total. The van der Waals surface area contributed by atoms with E-state index in [1.165, 1.54) is 17.4 Å². The first-order valence-corrected chi connectivity index (χ1v) is 8.56. The first-order chi connectivity index (χ1) is 11.7. The summed E-state index contributed by atoms with van der Waals surface area (Å²) in [5.41, 5.74) is 0.922. The first kappa shape index (κ1) is 18.1. The summed E-state index contributed by atoms with van der Waals surface area (Å²) in [6.45, 7) is 3.24. The zero-order chi connectivity index (χ0) is 17.2. The molecule has 2 rings (SSSR count). The van der Waals surface area contributed by atoms with Gasteiger partial charge in [0, 0.05) is 13.2 Å². The summed E-state index contributed by atoms with van der Waals surface area (Å²) in [6.07, 6.45) is 5.35. The molecule has 0 atom stereocenters. The van der Waals surface area contributed by atoms with E-state index in [1.54, 1.807) is 13.2 Å². The Morgan fingerprint density at radius 3 is 2.79 bits per heavy atom. The highest BCUT2D eigenvalue weighted by molar-refractivity contribution is 7.15. The number of aromatic nitrogens is 2. The highest BCUT2D eigenvalue weighted by Gasteiger charge is 2.05. The molecule has 0 aliphatic heterocycles. The largest absolute Gasteiger partial charge is 0.494 e. The summed E-state index contributed by atoms with van der Waals surface area (Å²) in [6, 6.07) is 7.61. The van der Waals surface area contributed by atoms with E-state index < -0.39 is 0 Å². The molecule has 0 unspecified atom stereocenters. The van der Waals surface area contributed by atoms with Gasteiger partial charge in [-0.1, -0.05) is 36.8 Å². The second-order valence-corrected chi connectivity index (χ2v) is 6.09. The molecule has 6 nitrogen and oxygen atoms in total. The Hall–Kier alpha value is -2.25. The minimum Gasteiger partial charge on any atom is -0.494 e. The maximum atomic E-state index is 11.9. The van der Waals surface area contributed by atoms with E-state index in [1.807, 2.05) is 24.3 Å². The van der Waals surface area contributed by atoms with E-state index in [9.17, 15) is 4.79 Å². The van der Waals surface area contributed by atoms with Crippen LogP contribution in [0.3, 0.4) is 0 Å². The quantitative estimate of drug-likeness (QED) is 0.555. The van der Waals surface area contributed by atoms with Crippen molar-refractivity contribution in [1.29, 1.82) is 0 Å². The zero-order valence-corrected chi connectivity index (χ0v) is 14.6. The van der Waals surface area contributed by atoms with Crippen LogP contribution in [0.2, 0.25) is 0 Å². The number of nitrogens with zero attached hydrogens (tertiary/aromatic N) is 2. The van der Waals surface area contributed by atoms with Gasteiger partial charge in [0.1, 0.15) is 17.4 Å². The van der Waals surface area contributed by atoms with Crippen molar-refractivity contribution < 1.29 is 14.3 Å². The molecule has 1 heterocycles. The maximum Gasteiger partial charge on any atom is 0.250 e. The van der Waals surface area contributed by atoms with Gasteiger partial charge in [-0.15, -0.1) is 10.2 Å². The van der Waals surface area contributed by atoms with Gasteiger partial charge in [0.25, 0.3) is 0 Å². The van der Waals surface area contributed by atoms with Crippen molar-refractivity contribution >= 4 is 28.5 Å². The van der Waals surface area contributed by atoms with Crippen LogP contribution >= 0.6 is 11.3 Å². The molecule has 24 heavy (non-hydrogen) atoms. The van der Waals surface area contributed by atoms with E-state index in [0.29, 0.717) is 11.7 Å². The summed E-state index contributed by atoms with van der Waals surface area (Å²) in [5, 5.41) is 11.6. The monoisotopic (exact) mass is 347 g/mol. The van der Waals surface area contributed by atoms with Crippen LogP contribution in [0.15, 0.2) is 30.3 Å². The molecule has 0 saturated heterocycles. The fourth-order valence-corrected chi connectivity index (χ4v) is 2.53. The topological polar surface area (TPSA) is 73.3 Å². The third-order valence-electron chi connectivity index (χ3n) is 3.04. The van der Waals surface area contributed by atoms with Gasteiger partial charge >= 0.3 is 0 Å². The molecule has 0 saturated carbocycles. The molecular weight excluding hydrogens is 326 g/mol. The molecule has 0 aliphatic carbocycles. The minimum absolute atomic E-state index is 0.251. The van der Waals surface area contributed by atoms with Crippen LogP contribution in [0.25, 0.3) is 6.08 Å². The predicted octanol–water partition coefficient (Wildman–Crippen LogP) is 3.52. The highest BCUT2D eigenvalue weighted by atomic mass is 32.1. The third-order valence-corrected chi connectivity index (χ3v) is 3.85. The molecule has 1 amide bonds. The van der Waals surface area contributed by atoms with Gasteiger partial charge in [-0.2, -0.15) is 0 Å². The number of hydrogen-bond acceptors (Lipinski definition) is 6. The van der Waals surface area contributed by atoms with Gasteiger partial charge in [-0.25, -0.2) is 0 Å². The number of unbranched alkanes of at least 4 members (excludes halogenated alkanes) is 1. The predicted molar refractivity (Wildman–Crippen MR) is 95.1 cm³/mol. The van der Waals surface area contributed by atoms with Crippen LogP contribution in [0, 0.1) is 0 Å². The number of anilines is 1. The number of rotatable bonds is 9. The molecule has 0 fully saturated rings. The normalized spacial score (nSPS) is 10.9. The Morgan fingerprint density at radius 1 is 1.29 bits per heavy atom. The van der Waals surface area contributed by atoms with E-state index >= 15 is 0 Å². The number of methoxy groups -OCH3 is 1. The molecule has 1 aromatic heterocycles. The molecule has 128 valence electrons. The number of hydrogen-bond donors (Lipinski definition) is 1. The average Bonchev–Trinajstić information content (AvgIpc) is 3.02. The van der Waals surface area contributed by atoms with Crippen molar-refractivity contribution in [2.75, 3.05) is 19.0 Å². The molecule has 1 aromatic carbocycles. The van der Waals surface area contributed by atoms with Crippen LogP contribution in [-0.2, 0) is 16.1 Å². The van der Waals surface area contributed by atoms with E-state index in [0.717, 1.165) is 35.8 Å². The lowest BCUT2D eigenvalue weighted by Gasteiger charge is -2.04. The summed E-state index contributed by atoms with van der Waals surface area (Å²) in [5.74, 6) is 0.586. The first-order valence-electron chi connectivity index (χ1n) is 7.74. The standard InChI is InChI=1S/C17H21N3O3S/c1-3-4-11-23-14-8-5-13(6-9-14)7-10-15(21)18-17-20-19-16(24-17)12-22-2/h5-10H,3-4,11-12H2,1-2H3,(H,18,20,21)/b10-7+. The molecule has 0 spiro atoms. The van der Waals surface area contributed by atoms with Gasteiger partial charge in [-0.05, 0) is 30.2 Å². The summed E-state index contributed by atoms with van der Waals surface area (Å²) < 4.78 is 10.6. The Balaban J connectivity index is 1.84. The van der Waals surface area contributed by atoms with Crippen molar-refractivity contribution in [2.45, 2.75) is 26.4 Å². The molecule has 0 bridgehead atoms. The SMILES string of the molecule is CCCCOc1ccc(/C=C/C(=O)Nc2nnc(COC)s2)cc1. The van der Waals surface area contributed by atoms with Crippen molar-refractivity contribution in [3.05, 3.63) is 40.9 Å². The van der Waals surface area contributed by atoms with Crippen molar-refractivity contribution in [3.8, 4) is 5.75 Å². The zero-order valence-electron chi connectivity index (χ0n) is 13.8. The van der Waals surface area contributed by atoms with Crippen LogP contribution in [0.1, 0.15) is 30.3 Å². The van der Waals surface area contributed by atoms with Crippen LogP contribution in [-0.4, -0.2) is 29.8 Å². The van der Waals surface area contributed by atoms with Crippen LogP contribution < -0.4 is 10.1 Å². The number of carbonyl (C=O) groups excluding carboxylic acids is 1. The smallest absolute Gasteiger partial charge is 0.250 e. The van der Waals surface area contributed by atoms with Crippen molar-refractivity contribution in [2.24, 2.45) is 0 Å². The number of benzene rings is 1. The van der Waals surface area contributed by atoms with E-state index in [2.05, 4.69) is 22.4 Å². The summed E-state index contributed by atoms with van der Waals surface area (Å²) in [4.78, 5) is 11.9. The molecule has 2 aromatic rings. The Bertz CT molecular complexity index is 668. The fraction of sp³-hybridized carbons (Fsp3) is 0.353. The van der Waals surface area contributed by atoms with Gasteiger partial charge in [0.15, 0.2) is 0 Å². The summed E-state index contributed by atoms with van der Waals surface area (Å²) in [7, 11) is 1.59. The second-order valence-electron chi connectivity index (χ2n) is 5.03. The lowest BCUT2D eigenvalue weighted by Crippen LogP contribution is -2.07. The molecule has 7 heteroatoms. The number of carbonyl (C=O) groups is 1. The van der Waals surface area contributed by atoms with Gasteiger partial charge < -0.3 is 9.47 Å². The van der Waals surface area contributed by atoms with Gasteiger partial charge in [-0.3, -0.25) is 10.1 Å². The maximum absolute atomic E-state index is 11.9. The second kappa shape index (κ2) is 9.79. The van der Waals surface area contributed by atoms with Crippen molar-refractivity contribution in [1.82, 2.24) is 10.2 Å². The number of nitrogens with one attached hydrogen (secondary N) is 1. The van der Waals surface area contributed by atoms with Gasteiger partial charge in [0.05, 0.1) is 6.61 Å². The molecule has 0 radical (unpaired) electrons. The van der Waals surface area contributed by atoms with Gasteiger partial charge in [0.2, 0.25) is 11.0 Å². The lowest BCUT2D eigenvalue weighted by molar-refractivity contribution is -0.111. The lowest BCUT2D eigenvalue weighted by atomic mass is 10.2. The average molecular weight is 347 g/mol. The van der Waals surface area contributed by atoms with E-state index in [-0.39, 0.29) is 5.91 Å². The molecular formula is C17H21N3O3S. The number of ether oxygens (including phenoxy) is 2. The highest BCUT2D eigenvalue weighted by Crippen LogP contribution is 2.16. The Kier molecular flexibility index (Phi) is 7.38. The van der Waals surface area contributed by atoms with Crippen LogP contribution in [0.5, 0.6) is 5.75 Å². The molecule has 0 aliphatic rings. The van der Waals surface area contributed by atoms with Crippen LogP contribution in [0.4, 0.5) is 5.13 Å². The Morgan fingerprint density at radius 2 is 2.08 bits per heavy atom. The summed E-state index contributed by atoms with van der Waals surface area (Å²) >= 11 is 1.29. The minimum atomic E-state index is -0.251. The van der Waals surface area contributed by atoms with E-state index in [4.69, 9.17) is 9.47 Å². The Labute approximate surface area is 145 Å². The van der Waals surface area contributed by atoms with Crippen molar-refractivity contribution in [3.63, 3.8) is 0 Å². The third kappa shape index (κ3) is 6.10.